The number of aliphatic hydroxyl groups excluding tert-OH is 7. The Morgan fingerprint density at radius 1 is 0.960 bits per heavy atom. The summed E-state index contributed by atoms with van der Waals surface area (Å²) in [5, 5.41) is 69.3. The van der Waals surface area contributed by atoms with Crippen LogP contribution in [0.15, 0.2) is 0 Å². The van der Waals surface area contributed by atoms with Gasteiger partial charge >= 0.3 is 0 Å². The van der Waals surface area contributed by atoms with Crippen LogP contribution in [-0.4, -0.2) is 105 Å². The molecule has 0 saturated heterocycles. The van der Waals surface area contributed by atoms with Crippen LogP contribution in [0.1, 0.15) is 13.8 Å². The third-order valence-corrected chi connectivity index (χ3v) is 5.28. The van der Waals surface area contributed by atoms with Crippen molar-refractivity contribution < 1.29 is 47.6 Å². The first-order chi connectivity index (χ1) is 11.5. The summed E-state index contributed by atoms with van der Waals surface area (Å²) in [7, 11) is 1.13. The van der Waals surface area contributed by atoms with Gasteiger partial charge < -0.3 is 47.6 Å². The largest absolute Gasteiger partial charge is 0.436 e. The van der Waals surface area contributed by atoms with E-state index in [1.165, 1.54) is 36.9 Å². The molecule has 0 aliphatic rings. The van der Waals surface area contributed by atoms with Gasteiger partial charge in [0.05, 0.1) is 12.7 Å². The molecule has 0 aliphatic heterocycles. The molecule has 0 spiro atoms. The Morgan fingerprint density at radius 2 is 1.40 bits per heavy atom. The molecule has 25 heavy (non-hydrogen) atoms. The average Bonchev–Trinajstić information content (AvgIpc) is 2.60. The predicted octanol–water partition coefficient (Wildman–Crippen LogP) is -3.55. The van der Waals surface area contributed by atoms with E-state index < -0.39 is 61.0 Å². The highest BCUT2D eigenvalue weighted by molar-refractivity contribution is 14.1. The van der Waals surface area contributed by atoms with E-state index in [2.05, 4.69) is 17.1 Å². The highest BCUT2D eigenvalue weighted by Gasteiger charge is 2.45. The lowest BCUT2D eigenvalue weighted by Crippen LogP contribution is -2.59. The molecule has 0 bridgehead atoms. The molecule has 0 aliphatic carbocycles. The smallest absolute Gasteiger partial charge is 0.257 e. The van der Waals surface area contributed by atoms with E-state index in [-0.39, 0.29) is 0 Å². The summed E-state index contributed by atoms with van der Waals surface area (Å²) in [6.45, 7) is 2.17. The standard InChI is InChI=1S/C12H26BIO10S/c1-12(2,24-14)11(21)8(20)7(19)10(23-25)6(18)5(17)9(22-13)4(16)3-15/h4-11,15-21,25H,3,13H2,1-2H3. The molecule has 8 atom stereocenters. The highest BCUT2D eigenvalue weighted by atomic mass is 127. The van der Waals surface area contributed by atoms with Gasteiger partial charge in [0.25, 0.3) is 8.05 Å². The van der Waals surface area contributed by atoms with Crippen molar-refractivity contribution in [2.75, 3.05) is 6.61 Å². The van der Waals surface area contributed by atoms with Crippen LogP contribution >= 0.6 is 35.9 Å². The van der Waals surface area contributed by atoms with Gasteiger partial charge in [-0.25, -0.2) is 0 Å². The molecule has 13 heteroatoms. The Hall–Kier alpha value is 0.745. The van der Waals surface area contributed by atoms with Crippen LogP contribution in [0.3, 0.4) is 0 Å². The van der Waals surface area contributed by atoms with Crippen molar-refractivity contribution in [2.24, 2.45) is 0 Å². The van der Waals surface area contributed by atoms with Gasteiger partial charge in [0.15, 0.2) is 0 Å². The van der Waals surface area contributed by atoms with Crippen molar-refractivity contribution in [3.8, 4) is 0 Å². The Balaban J connectivity index is 5.28. The zero-order valence-corrected chi connectivity index (χ0v) is 17.1. The molecule has 0 saturated carbocycles. The van der Waals surface area contributed by atoms with Crippen molar-refractivity contribution in [1.29, 1.82) is 0 Å². The molecule has 0 fully saturated rings. The van der Waals surface area contributed by atoms with Crippen LogP contribution in [0.5, 0.6) is 0 Å². The molecule has 0 rings (SSSR count). The quantitative estimate of drug-likeness (QED) is 0.0582. The van der Waals surface area contributed by atoms with Crippen molar-refractivity contribution in [1.82, 2.24) is 0 Å². The maximum Gasteiger partial charge on any atom is 0.257 e. The van der Waals surface area contributed by atoms with Crippen LogP contribution < -0.4 is 0 Å². The lowest BCUT2D eigenvalue weighted by atomic mass is 9.88. The van der Waals surface area contributed by atoms with E-state index >= 15 is 0 Å². The molecule has 150 valence electrons. The SMILES string of the molecule is BOC(C(O)CO)C(O)C(O)C(OS)C(O)C(O)C(O)C(C)(C)OI. The number of hydrogen-bond acceptors (Lipinski definition) is 11. The Labute approximate surface area is 166 Å². The number of aliphatic hydroxyl groups is 7. The summed E-state index contributed by atoms with van der Waals surface area (Å²) in [5.74, 6) is 0. The molecule has 8 unspecified atom stereocenters. The van der Waals surface area contributed by atoms with E-state index in [1.807, 2.05) is 0 Å². The zero-order chi connectivity index (χ0) is 19.9. The first-order valence-electron chi connectivity index (χ1n) is 7.32. The maximum absolute atomic E-state index is 10.2. The van der Waals surface area contributed by atoms with Crippen molar-refractivity contribution >= 4 is 44.0 Å². The second-order valence-electron chi connectivity index (χ2n) is 6.11. The average molecular weight is 500 g/mol. The van der Waals surface area contributed by atoms with E-state index in [4.69, 9.17) is 12.8 Å². The number of halogens is 1. The number of thiol groups is 1. The third-order valence-electron chi connectivity index (χ3n) is 3.90. The summed E-state index contributed by atoms with van der Waals surface area (Å²) in [6, 6.07) is 0. The minimum absolute atomic E-state index is 0.750. The van der Waals surface area contributed by atoms with Crippen molar-refractivity contribution in [3.05, 3.63) is 0 Å². The Bertz CT molecular complexity index is 368. The van der Waals surface area contributed by atoms with E-state index in [1.54, 1.807) is 0 Å². The lowest BCUT2D eigenvalue weighted by Gasteiger charge is -2.38. The fraction of sp³-hybridized carbons (Fsp3) is 1.00. The zero-order valence-electron chi connectivity index (χ0n) is 14.0. The normalized spacial score (nSPS) is 22.5. The molecule has 7 N–H and O–H groups in total. The van der Waals surface area contributed by atoms with Crippen LogP contribution in [-0.2, 0) is 11.9 Å². The second-order valence-corrected chi connectivity index (χ2v) is 6.76. The summed E-state index contributed by atoms with van der Waals surface area (Å²) >= 11 is 5.03. The molecule has 0 heterocycles. The lowest BCUT2D eigenvalue weighted by molar-refractivity contribution is -0.177. The first kappa shape index (κ1) is 25.7. The topological polar surface area (TPSA) is 169 Å². The summed E-state index contributed by atoms with van der Waals surface area (Å²) in [6.07, 6.45) is -13.6. The van der Waals surface area contributed by atoms with Crippen molar-refractivity contribution in [3.63, 3.8) is 0 Å². The van der Waals surface area contributed by atoms with E-state index in [0.717, 1.165) is 8.05 Å². The van der Waals surface area contributed by atoms with Gasteiger partial charge in [0.2, 0.25) is 0 Å². The molecule has 0 amide bonds. The van der Waals surface area contributed by atoms with Gasteiger partial charge in [0.1, 0.15) is 71.3 Å². The molecule has 0 radical (unpaired) electrons. The molecular formula is C12H26BIO10S. The number of rotatable bonds is 12. The summed E-state index contributed by atoms with van der Waals surface area (Å²) in [5.41, 5.74) is -1.24. The Kier molecular flexibility index (Phi) is 11.9. The maximum atomic E-state index is 10.2. The molecule has 0 aromatic rings. The minimum Gasteiger partial charge on any atom is -0.436 e. The predicted molar refractivity (Wildman–Crippen MR) is 99.6 cm³/mol. The molecule has 0 aromatic carbocycles. The van der Waals surface area contributed by atoms with Gasteiger partial charge in [-0.3, -0.25) is 0 Å². The van der Waals surface area contributed by atoms with E-state index in [9.17, 15) is 30.6 Å². The van der Waals surface area contributed by atoms with Gasteiger partial charge in [-0.1, -0.05) is 0 Å². The minimum atomic E-state index is -1.89. The number of hydrogen-bond donors (Lipinski definition) is 8. The summed E-state index contributed by atoms with van der Waals surface area (Å²) in [4.78, 5) is 0. The second kappa shape index (κ2) is 11.6. The first-order valence-corrected chi connectivity index (χ1v) is 8.56. The molecule has 10 nitrogen and oxygen atoms in total. The van der Waals surface area contributed by atoms with Crippen LogP contribution in [0.2, 0.25) is 0 Å². The van der Waals surface area contributed by atoms with Gasteiger partial charge in [-0.2, -0.15) is 0 Å². The highest BCUT2D eigenvalue weighted by Crippen LogP contribution is 2.25. The van der Waals surface area contributed by atoms with Gasteiger partial charge in [-0.05, 0) is 26.8 Å². The fourth-order valence-corrected chi connectivity index (χ4v) is 2.69. The molecule has 0 aromatic heterocycles. The Morgan fingerprint density at radius 3 is 1.76 bits per heavy atom. The van der Waals surface area contributed by atoms with Crippen LogP contribution in [0, 0.1) is 0 Å². The summed E-state index contributed by atoms with van der Waals surface area (Å²) < 4.78 is 14.5. The van der Waals surface area contributed by atoms with E-state index in [0.29, 0.717) is 0 Å². The van der Waals surface area contributed by atoms with Crippen LogP contribution in [0.4, 0.5) is 0 Å². The van der Waals surface area contributed by atoms with Gasteiger partial charge in [-0.15, -0.1) is 0 Å². The fourth-order valence-electron chi connectivity index (χ4n) is 2.18. The van der Waals surface area contributed by atoms with Crippen molar-refractivity contribution in [2.45, 2.75) is 68.3 Å². The molecular weight excluding hydrogens is 474 g/mol. The van der Waals surface area contributed by atoms with Gasteiger partial charge in [0, 0.05) is 0 Å². The monoisotopic (exact) mass is 500 g/mol. The van der Waals surface area contributed by atoms with Crippen LogP contribution in [0.25, 0.3) is 0 Å². The third kappa shape index (κ3) is 6.69.